The van der Waals surface area contributed by atoms with Crippen molar-refractivity contribution in [1.82, 2.24) is 9.62 Å². The van der Waals surface area contributed by atoms with Crippen LogP contribution in [-0.2, 0) is 21.4 Å². The zero-order valence-electron chi connectivity index (χ0n) is 13.8. The maximum Gasteiger partial charge on any atom is 0.243 e. The lowest BCUT2D eigenvalue weighted by atomic mass is 10.2. The number of thiophene rings is 1. The predicted molar refractivity (Wildman–Crippen MR) is 96.1 cm³/mol. The number of rotatable bonds is 6. The topological polar surface area (TPSA) is 75.7 Å². The van der Waals surface area contributed by atoms with Gasteiger partial charge in [0.2, 0.25) is 15.9 Å². The van der Waals surface area contributed by atoms with Crippen LogP contribution in [0, 0.1) is 0 Å². The maximum atomic E-state index is 12.9. The van der Waals surface area contributed by atoms with Gasteiger partial charge in [-0.15, -0.1) is 11.3 Å². The Labute approximate surface area is 151 Å². The summed E-state index contributed by atoms with van der Waals surface area (Å²) in [5.74, 6) is 0.341. The molecule has 1 atom stereocenters. The van der Waals surface area contributed by atoms with Crippen molar-refractivity contribution >= 4 is 27.3 Å². The molecule has 1 aliphatic rings. The van der Waals surface area contributed by atoms with Crippen molar-refractivity contribution in [3.63, 3.8) is 0 Å². The number of sulfonamides is 1. The first-order valence-corrected chi connectivity index (χ1v) is 10.3. The van der Waals surface area contributed by atoms with Crippen LogP contribution in [0.25, 0.3) is 0 Å². The summed E-state index contributed by atoms with van der Waals surface area (Å²) in [4.78, 5) is 13.7. The van der Waals surface area contributed by atoms with Crippen molar-refractivity contribution in [3.8, 4) is 5.75 Å². The molecule has 1 aromatic heterocycles. The average molecular weight is 380 g/mol. The number of ether oxygens (including phenoxy) is 1. The second-order valence-corrected chi connectivity index (χ2v) is 8.67. The molecule has 1 N–H and O–H groups in total. The highest BCUT2D eigenvalue weighted by Gasteiger charge is 2.39. The Bertz CT molecular complexity index is 817. The van der Waals surface area contributed by atoms with E-state index < -0.39 is 16.1 Å². The quantitative estimate of drug-likeness (QED) is 0.834. The minimum atomic E-state index is -3.71. The van der Waals surface area contributed by atoms with Gasteiger partial charge in [-0.05, 0) is 48.6 Å². The van der Waals surface area contributed by atoms with Crippen LogP contribution < -0.4 is 10.1 Å². The van der Waals surface area contributed by atoms with Crippen LogP contribution >= 0.6 is 11.3 Å². The zero-order chi connectivity index (χ0) is 17.9. The summed E-state index contributed by atoms with van der Waals surface area (Å²) in [6, 6.07) is 9.42. The van der Waals surface area contributed by atoms with Gasteiger partial charge in [0.25, 0.3) is 0 Å². The van der Waals surface area contributed by atoms with Crippen LogP contribution in [0.3, 0.4) is 0 Å². The molecule has 3 rings (SSSR count). The average Bonchev–Trinajstić information content (AvgIpc) is 3.31. The summed E-state index contributed by atoms with van der Waals surface area (Å²) in [7, 11) is -2.18. The van der Waals surface area contributed by atoms with Crippen LogP contribution in [0.1, 0.15) is 17.7 Å². The summed E-state index contributed by atoms with van der Waals surface area (Å²) in [6.07, 6.45) is 1.21. The van der Waals surface area contributed by atoms with Gasteiger partial charge in [-0.3, -0.25) is 4.79 Å². The van der Waals surface area contributed by atoms with E-state index in [0.29, 0.717) is 31.7 Å². The van der Waals surface area contributed by atoms with E-state index in [4.69, 9.17) is 4.74 Å². The normalized spacial score (nSPS) is 18.2. The lowest BCUT2D eigenvalue weighted by Gasteiger charge is -2.23. The molecule has 25 heavy (non-hydrogen) atoms. The van der Waals surface area contributed by atoms with Crippen molar-refractivity contribution in [2.45, 2.75) is 30.3 Å². The third-order valence-electron chi connectivity index (χ3n) is 4.19. The standard InChI is InChI=1S/C17H20N2O4S2/c1-23-13-6-8-15(9-7-13)25(21,22)19-10-2-5-16(19)17(20)18-12-14-4-3-11-24-14/h3-4,6-9,11,16H,2,5,10,12H2,1H3,(H,18,20)/t16-/m1/s1. The van der Waals surface area contributed by atoms with Crippen LogP contribution in [0.15, 0.2) is 46.7 Å². The smallest absolute Gasteiger partial charge is 0.243 e. The molecule has 0 radical (unpaired) electrons. The fraction of sp³-hybridized carbons (Fsp3) is 0.353. The number of nitrogens with zero attached hydrogens (tertiary/aromatic N) is 1. The van der Waals surface area contributed by atoms with Crippen molar-refractivity contribution in [2.75, 3.05) is 13.7 Å². The Hall–Kier alpha value is -1.90. The summed E-state index contributed by atoms with van der Waals surface area (Å²) in [5.41, 5.74) is 0. The van der Waals surface area contributed by atoms with E-state index in [1.165, 1.54) is 23.5 Å². The molecule has 1 amide bonds. The Morgan fingerprint density at radius 2 is 2.08 bits per heavy atom. The van der Waals surface area contributed by atoms with Crippen molar-refractivity contribution in [1.29, 1.82) is 0 Å². The lowest BCUT2D eigenvalue weighted by Crippen LogP contribution is -2.45. The van der Waals surface area contributed by atoms with Gasteiger partial charge in [0.1, 0.15) is 11.8 Å². The lowest BCUT2D eigenvalue weighted by molar-refractivity contribution is -0.124. The predicted octanol–water partition coefficient (Wildman–Crippen LogP) is 2.23. The van der Waals surface area contributed by atoms with Crippen LogP contribution in [0.2, 0.25) is 0 Å². The Kier molecular flexibility index (Phi) is 5.41. The van der Waals surface area contributed by atoms with Gasteiger partial charge in [0.15, 0.2) is 0 Å². The minimum absolute atomic E-state index is 0.172. The number of hydrogen-bond donors (Lipinski definition) is 1. The molecule has 0 bridgehead atoms. The number of carbonyl (C=O) groups excluding carboxylic acids is 1. The third-order valence-corrected chi connectivity index (χ3v) is 6.99. The SMILES string of the molecule is COc1ccc(S(=O)(=O)N2CCC[C@@H]2C(=O)NCc2cccs2)cc1. The second kappa shape index (κ2) is 7.55. The first kappa shape index (κ1) is 17.9. The Morgan fingerprint density at radius 3 is 2.72 bits per heavy atom. The summed E-state index contributed by atoms with van der Waals surface area (Å²) < 4.78 is 32.1. The van der Waals surface area contributed by atoms with Gasteiger partial charge >= 0.3 is 0 Å². The molecule has 0 unspecified atom stereocenters. The molecule has 134 valence electrons. The van der Waals surface area contributed by atoms with Gasteiger partial charge in [-0.1, -0.05) is 6.07 Å². The second-order valence-electron chi connectivity index (χ2n) is 5.75. The van der Waals surface area contributed by atoms with Crippen molar-refractivity contribution in [3.05, 3.63) is 46.7 Å². The van der Waals surface area contributed by atoms with Gasteiger partial charge in [0, 0.05) is 11.4 Å². The first-order valence-electron chi connectivity index (χ1n) is 7.98. The molecule has 2 aromatic rings. The first-order chi connectivity index (χ1) is 12.0. The van der Waals surface area contributed by atoms with E-state index in [2.05, 4.69) is 5.32 Å². The van der Waals surface area contributed by atoms with Crippen molar-refractivity contribution in [2.24, 2.45) is 0 Å². The van der Waals surface area contributed by atoms with Gasteiger partial charge in [0.05, 0.1) is 18.6 Å². The van der Waals surface area contributed by atoms with Gasteiger partial charge < -0.3 is 10.1 Å². The summed E-state index contributed by atoms with van der Waals surface area (Å²) >= 11 is 1.56. The fourth-order valence-electron chi connectivity index (χ4n) is 2.88. The maximum absolute atomic E-state index is 12.9. The largest absolute Gasteiger partial charge is 0.497 e. The number of amides is 1. The molecule has 0 aliphatic carbocycles. The highest BCUT2D eigenvalue weighted by atomic mass is 32.2. The molecular weight excluding hydrogens is 360 g/mol. The number of nitrogens with one attached hydrogen (secondary N) is 1. The van der Waals surface area contributed by atoms with E-state index in [1.54, 1.807) is 23.5 Å². The number of carbonyl (C=O) groups is 1. The number of benzene rings is 1. The molecule has 2 heterocycles. The van der Waals surface area contributed by atoms with E-state index in [9.17, 15) is 13.2 Å². The molecule has 1 saturated heterocycles. The highest BCUT2D eigenvalue weighted by molar-refractivity contribution is 7.89. The van der Waals surface area contributed by atoms with Gasteiger partial charge in [-0.25, -0.2) is 8.42 Å². The molecule has 0 saturated carbocycles. The number of hydrogen-bond acceptors (Lipinski definition) is 5. The fourth-order valence-corrected chi connectivity index (χ4v) is 5.18. The van der Waals surface area contributed by atoms with Crippen LogP contribution in [0.5, 0.6) is 5.75 Å². The third kappa shape index (κ3) is 3.86. The molecular formula is C17H20N2O4S2. The molecule has 1 aromatic carbocycles. The monoisotopic (exact) mass is 380 g/mol. The van der Waals surface area contributed by atoms with Crippen LogP contribution in [0.4, 0.5) is 0 Å². The van der Waals surface area contributed by atoms with Crippen LogP contribution in [-0.4, -0.2) is 38.3 Å². The molecule has 8 heteroatoms. The molecule has 6 nitrogen and oxygen atoms in total. The highest BCUT2D eigenvalue weighted by Crippen LogP contribution is 2.27. The number of methoxy groups -OCH3 is 1. The van der Waals surface area contributed by atoms with E-state index >= 15 is 0 Å². The summed E-state index contributed by atoms with van der Waals surface area (Å²) in [5, 5.41) is 4.79. The molecule has 1 aliphatic heterocycles. The van der Waals surface area contributed by atoms with Crippen molar-refractivity contribution < 1.29 is 17.9 Å². The Balaban J connectivity index is 1.73. The van der Waals surface area contributed by atoms with E-state index in [0.717, 1.165) is 4.88 Å². The minimum Gasteiger partial charge on any atom is -0.497 e. The molecule has 1 fully saturated rings. The summed E-state index contributed by atoms with van der Waals surface area (Å²) in [6.45, 7) is 0.773. The Morgan fingerprint density at radius 1 is 1.32 bits per heavy atom. The zero-order valence-corrected chi connectivity index (χ0v) is 15.5. The molecule has 0 spiro atoms. The van der Waals surface area contributed by atoms with Gasteiger partial charge in [-0.2, -0.15) is 4.31 Å². The van der Waals surface area contributed by atoms with E-state index in [-0.39, 0.29) is 10.8 Å². The van der Waals surface area contributed by atoms with E-state index in [1.807, 2.05) is 17.5 Å².